The number of carbonyl (C=O) groups excluding carboxylic acids is 1. The summed E-state index contributed by atoms with van der Waals surface area (Å²) in [4.78, 5) is 36.3. The van der Waals surface area contributed by atoms with Crippen LogP contribution in [-0.4, -0.2) is 67.2 Å². The average molecular weight is 339 g/mol. The van der Waals surface area contributed by atoms with Gasteiger partial charge in [0.2, 0.25) is 0 Å². The van der Waals surface area contributed by atoms with Gasteiger partial charge in [-0.3, -0.25) is 4.52 Å². The maximum absolute atomic E-state index is 11.3. The summed E-state index contributed by atoms with van der Waals surface area (Å²) in [5.74, 6) is 0. The van der Waals surface area contributed by atoms with Crippen molar-refractivity contribution in [1.29, 1.82) is 0 Å². The van der Waals surface area contributed by atoms with Gasteiger partial charge in [-0.2, -0.15) is 4.31 Å². The van der Waals surface area contributed by atoms with E-state index in [4.69, 9.17) is 30.6 Å². The Kier molecular flexibility index (Phi) is 7.60. The van der Waals surface area contributed by atoms with E-state index in [2.05, 4.69) is 8.83 Å². The number of phosphoric acid groups is 2. The van der Waals surface area contributed by atoms with Crippen molar-refractivity contribution in [2.24, 2.45) is 5.73 Å². The van der Waals surface area contributed by atoms with E-state index >= 15 is 0 Å². The average Bonchev–Trinajstić information content (AvgIpc) is 2.30. The number of hydrogen-bond donors (Lipinski definition) is 7. The van der Waals surface area contributed by atoms with Crippen molar-refractivity contribution in [2.75, 3.05) is 6.61 Å². The Morgan fingerprint density at radius 2 is 1.70 bits per heavy atom. The molecule has 0 amide bonds. The summed E-state index contributed by atoms with van der Waals surface area (Å²) in [6.45, 7) is -0.998. The van der Waals surface area contributed by atoms with Crippen LogP contribution in [0.25, 0.3) is 0 Å². The molecular weight excluding hydrogens is 324 g/mol. The molecule has 20 heavy (non-hydrogen) atoms. The van der Waals surface area contributed by atoms with Crippen molar-refractivity contribution in [2.45, 2.75) is 24.4 Å². The lowest BCUT2D eigenvalue weighted by Gasteiger charge is -2.29. The van der Waals surface area contributed by atoms with E-state index < -0.39 is 46.6 Å². The Morgan fingerprint density at radius 3 is 2.05 bits per heavy atom. The molecule has 0 saturated carbocycles. The van der Waals surface area contributed by atoms with Crippen LogP contribution < -0.4 is 5.73 Å². The summed E-state index contributed by atoms with van der Waals surface area (Å²) in [5, 5.41) is 27.2. The van der Waals surface area contributed by atoms with Crippen molar-refractivity contribution in [3.8, 4) is 0 Å². The monoisotopic (exact) mass is 339 g/mol. The Morgan fingerprint density at radius 1 is 1.20 bits per heavy atom. The molecule has 8 N–H and O–H groups in total. The zero-order chi connectivity index (χ0) is 16.1. The topological polar surface area (TPSA) is 217 Å². The number of phosphoric ester groups is 1. The van der Waals surface area contributed by atoms with Crippen LogP contribution in [0.5, 0.6) is 0 Å². The normalized spacial score (nSPS) is 21.6. The summed E-state index contributed by atoms with van der Waals surface area (Å²) in [6.07, 6.45) is -6.06. The van der Waals surface area contributed by atoms with Crippen molar-refractivity contribution in [3.05, 3.63) is 0 Å². The number of aliphatic hydroxyl groups excluding tert-OH is 3. The van der Waals surface area contributed by atoms with Gasteiger partial charge in [0, 0.05) is 0 Å². The van der Waals surface area contributed by atoms with Gasteiger partial charge < -0.3 is 40.5 Å². The lowest BCUT2D eigenvalue weighted by Crippen LogP contribution is -2.51. The molecule has 0 radical (unpaired) electrons. The summed E-state index contributed by atoms with van der Waals surface area (Å²) >= 11 is 0. The summed E-state index contributed by atoms with van der Waals surface area (Å²) in [7, 11) is -10.8. The Hall–Kier alpha value is -0.230. The fourth-order valence-corrected chi connectivity index (χ4v) is 2.87. The molecule has 0 aliphatic heterocycles. The zero-order valence-electron chi connectivity index (χ0n) is 9.79. The molecule has 0 aromatic carbocycles. The standard InChI is InChI=1S/C6H15NO11P2/c7-3(1-8)6(5(11)4(10)2-9)17-20(15,16)18-19(12,13)14/h1,3-6,9-11H,2,7H2,(H,15,16)(H2,12,13,14)/t3-,4-,5-,6-/m1/s1. The molecule has 0 spiro atoms. The minimum Gasteiger partial charge on any atom is -0.394 e. The molecule has 120 valence electrons. The van der Waals surface area contributed by atoms with Crippen molar-refractivity contribution in [3.63, 3.8) is 0 Å². The first kappa shape index (κ1) is 19.8. The van der Waals surface area contributed by atoms with Gasteiger partial charge in [0.25, 0.3) is 0 Å². The minimum atomic E-state index is -5.40. The molecule has 0 rings (SSSR count). The molecule has 0 bridgehead atoms. The highest BCUT2D eigenvalue weighted by molar-refractivity contribution is 7.60. The smallest absolute Gasteiger partial charge is 0.394 e. The van der Waals surface area contributed by atoms with Gasteiger partial charge in [0.15, 0.2) is 0 Å². The Labute approximate surface area is 112 Å². The highest BCUT2D eigenvalue weighted by Gasteiger charge is 2.41. The molecule has 5 atom stereocenters. The largest absolute Gasteiger partial charge is 0.481 e. The lowest BCUT2D eigenvalue weighted by atomic mass is 10.0. The molecule has 0 fully saturated rings. The van der Waals surface area contributed by atoms with E-state index in [9.17, 15) is 19.0 Å². The lowest BCUT2D eigenvalue weighted by molar-refractivity contribution is -0.117. The number of nitrogens with two attached hydrogens (primary N) is 1. The van der Waals surface area contributed by atoms with Crippen LogP contribution in [0.4, 0.5) is 0 Å². The van der Waals surface area contributed by atoms with E-state index in [0.717, 1.165) is 0 Å². The molecule has 0 aliphatic carbocycles. The van der Waals surface area contributed by atoms with E-state index in [0.29, 0.717) is 0 Å². The molecule has 0 heterocycles. The SMILES string of the molecule is N[C@H](C=O)[C@@H](OP(=O)(O)OP(=O)(O)O)[C@H](O)[C@H](O)CO. The molecule has 14 heteroatoms. The van der Waals surface area contributed by atoms with Gasteiger partial charge in [-0.15, -0.1) is 0 Å². The first-order chi connectivity index (χ1) is 8.93. The molecule has 12 nitrogen and oxygen atoms in total. The molecule has 0 aromatic heterocycles. The molecular formula is C6H15NO11P2. The van der Waals surface area contributed by atoms with Gasteiger partial charge in [0.05, 0.1) is 12.6 Å². The van der Waals surface area contributed by atoms with Crippen LogP contribution in [0.1, 0.15) is 0 Å². The minimum absolute atomic E-state index is 0.0184. The summed E-state index contributed by atoms with van der Waals surface area (Å²) in [5.41, 5.74) is 5.15. The van der Waals surface area contributed by atoms with E-state index in [1.165, 1.54) is 0 Å². The van der Waals surface area contributed by atoms with Crippen LogP contribution in [-0.2, 0) is 22.8 Å². The second-order valence-corrected chi connectivity index (χ2v) is 6.35. The van der Waals surface area contributed by atoms with Crippen molar-refractivity contribution < 1.29 is 52.8 Å². The Bertz CT molecular complexity index is 410. The second kappa shape index (κ2) is 7.69. The second-order valence-electron chi connectivity index (χ2n) is 3.56. The maximum atomic E-state index is 11.3. The predicted octanol–water partition coefficient (Wildman–Crippen LogP) is -3.18. The fourth-order valence-electron chi connectivity index (χ4n) is 1.07. The van der Waals surface area contributed by atoms with Crippen LogP contribution in [0.2, 0.25) is 0 Å². The summed E-state index contributed by atoms with van der Waals surface area (Å²) < 4.78 is 29.3. The van der Waals surface area contributed by atoms with Crippen LogP contribution in [0.3, 0.4) is 0 Å². The highest BCUT2D eigenvalue weighted by atomic mass is 31.3. The quantitative estimate of drug-likeness (QED) is 0.163. The molecule has 1 unspecified atom stereocenters. The fraction of sp³-hybridized carbons (Fsp3) is 0.833. The van der Waals surface area contributed by atoms with E-state index in [-0.39, 0.29) is 6.29 Å². The van der Waals surface area contributed by atoms with Gasteiger partial charge in [-0.25, -0.2) is 9.13 Å². The van der Waals surface area contributed by atoms with E-state index in [1.807, 2.05) is 0 Å². The number of rotatable bonds is 9. The molecule has 0 aliphatic rings. The number of hydrogen-bond acceptors (Lipinski definition) is 9. The van der Waals surface area contributed by atoms with Crippen LogP contribution in [0.15, 0.2) is 0 Å². The maximum Gasteiger partial charge on any atom is 0.481 e. The number of aldehydes is 1. The third kappa shape index (κ3) is 6.97. The number of aliphatic hydroxyl groups is 3. The van der Waals surface area contributed by atoms with E-state index in [1.54, 1.807) is 0 Å². The first-order valence-corrected chi connectivity index (χ1v) is 7.92. The van der Waals surface area contributed by atoms with Gasteiger partial charge in [-0.1, -0.05) is 0 Å². The Balaban J connectivity index is 5.13. The van der Waals surface area contributed by atoms with Crippen LogP contribution >= 0.6 is 15.6 Å². The van der Waals surface area contributed by atoms with Crippen LogP contribution in [0, 0.1) is 0 Å². The third-order valence-corrected chi connectivity index (χ3v) is 4.11. The first-order valence-electron chi connectivity index (χ1n) is 4.89. The van der Waals surface area contributed by atoms with Crippen molar-refractivity contribution in [1.82, 2.24) is 0 Å². The highest BCUT2D eigenvalue weighted by Crippen LogP contribution is 2.58. The van der Waals surface area contributed by atoms with Gasteiger partial charge in [-0.05, 0) is 0 Å². The molecule has 0 saturated heterocycles. The van der Waals surface area contributed by atoms with Gasteiger partial charge >= 0.3 is 15.6 Å². The zero-order valence-corrected chi connectivity index (χ0v) is 11.6. The third-order valence-electron chi connectivity index (χ3n) is 1.92. The number of carbonyl (C=O) groups is 1. The molecule has 0 aromatic rings. The van der Waals surface area contributed by atoms with Gasteiger partial charge in [0.1, 0.15) is 24.6 Å². The van der Waals surface area contributed by atoms with Crippen molar-refractivity contribution >= 4 is 21.9 Å². The summed E-state index contributed by atoms with van der Waals surface area (Å²) in [6, 6.07) is -1.74. The predicted molar refractivity (Wildman–Crippen MR) is 61.0 cm³/mol.